The fourth-order valence-corrected chi connectivity index (χ4v) is 7.54. The van der Waals surface area contributed by atoms with Gasteiger partial charge in [0.15, 0.2) is 0 Å². The van der Waals surface area contributed by atoms with Crippen LogP contribution in [0.3, 0.4) is 0 Å². The Morgan fingerprint density at radius 2 is 1.85 bits per heavy atom. The molecular weight excluding hydrogens is 344 g/mol. The van der Waals surface area contributed by atoms with E-state index >= 15 is 0 Å². The van der Waals surface area contributed by atoms with Crippen molar-refractivity contribution in [3.63, 3.8) is 0 Å². The number of carbonyl (C=O) groups is 2. The molecule has 1 unspecified atom stereocenters. The molecular formula is C22H32O5. The highest BCUT2D eigenvalue weighted by Gasteiger charge is 2.62. The predicted molar refractivity (Wildman–Crippen MR) is 99.1 cm³/mol. The van der Waals surface area contributed by atoms with Crippen LogP contribution in [0.2, 0.25) is 0 Å². The lowest BCUT2D eigenvalue weighted by molar-refractivity contribution is -0.291. The van der Waals surface area contributed by atoms with E-state index < -0.39 is 17.7 Å². The molecule has 0 aromatic carbocycles. The Morgan fingerprint density at radius 1 is 1.15 bits per heavy atom. The summed E-state index contributed by atoms with van der Waals surface area (Å²) < 4.78 is 0. The molecule has 0 aromatic heterocycles. The summed E-state index contributed by atoms with van der Waals surface area (Å²) in [5, 5.41) is 28.4. The van der Waals surface area contributed by atoms with Crippen LogP contribution in [0.1, 0.15) is 65.7 Å². The third-order valence-corrected chi connectivity index (χ3v) is 9.13. The first kappa shape index (κ1) is 19.3. The van der Waals surface area contributed by atoms with Crippen molar-refractivity contribution in [3.8, 4) is 0 Å². The maximum Gasteiger partial charge on any atom is 0.339 e. The van der Waals surface area contributed by atoms with E-state index in [0.29, 0.717) is 48.7 Å². The van der Waals surface area contributed by atoms with Crippen LogP contribution >= 0.6 is 0 Å². The van der Waals surface area contributed by atoms with Crippen molar-refractivity contribution >= 4 is 11.6 Å². The van der Waals surface area contributed by atoms with E-state index in [9.17, 15) is 24.9 Å². The zero-order chi connectivity index (χ0) is 19.8. The summed E-state index contributed by atoms with van der Waals surface area (Å²) in [7, 11) is 0. The Bertz CT molecular complexity index is 704. The number of carbonyl (C=O) groups excluding carboxylic acids is 2. The quantitative estimate of drug-likeness (QED) is 0.509. The monoisotopic (exact) mass is 376 g/mol. The second-order valence-electron chi connectivity index (χ2n) is 10.1. The van der Waals surface area contributed by atoms with Crippen molar-refractivity contribution < 1.29 is 24.9 Å². The van der Waals surface area contributed by atoms with Crippen LogP contribution in [0.4, 0.5) is 0 Å². The third-order valence-electron chi connectivity index (χ3n) is 9.13. The SMILES string of the molecule is CC1CC(=O)CC2=CC[C@H]3[C@@H]4CC[C@H](C(=O)C(O)(O)O)[C@@]4(C)CC[C@@H]3[C@]21C. The van der Waals surface area contributed by atoms with E-state index in [1.807, 2.05) is 0 Å². The molecule has 0 bridgehead atoms. The van der Waals surface area contributed by atoms with Gasteiger partial charge in [0, 0.05) is 18.8 Å². The summed E-state index contributed by atoms with van der Waals surface area (Å²) in [4.78, 5) is 24.6. The molecule has 5 heteroatoms. The summed E-state index contributed by atoms with van der Waals surface area (Å²) >= 11 is 0. The van der Waals surface area contributed by atoms with E-state index in [2.05, 4.69) is 26.8 Å². The summed E-state index contributed by atoms with van der Waals surface area (Å²) in [6.45, 7) is 6.65. The number of hydrogen-bond acceptors (Lipinski definition) is 5. The Labute approximate surface area is 160 Å². The van der Waals surface area contributed by atoms with Gasteiger partial charge < -0.3 is 15.3 Å². The van der Waals surface area contributed by atoms with Gasteiger partial charge in [0.1, 0.15) is 5.78 Å². The van der Waals surface area contributed by atoms with Gasteiger partial charge >= 0.3 is 5.97 Å². The van der Waals surface area contributed by atoms with Crippen molar-refractivity contribution in [3.05, 3.63) is 11.6 Å². The van der Waals surface area contributed by atoms with Gasteiger partial charge in [-0.3, -0.25) is 9.59 Å². The molecule has 4 aliphatic carbocycles. The number of Topliss-reactive ketones (excluding diaryl/α,β-unsaturated/α-hetero) is 2. The van der Waals surface area contributed by atoms with Crippen molar-refractivity contribution in [2.24, 2.45) is 40.4 Å². The zero-order valence-electron chi connectivity index (χ0n) is 16.6. The molecule has 7 atom stereocenters. The Morgan fingerprint density at radius 3 is 2.52 bits per heavy atom. The lowest BCUT2D eigenvalue weighted by Gasteiger charge is -2.59. The van der Waals surface area contributed by atoms with Gasteiger partial charge in [-0.05, 0) is 66.6 Å². The minimum atomic E-state index is -3.23. The molecule has 0 saturated heterocycles. The van der Waals surface area contributed by atoms with Gasteiger partial charge in [-0.2, -0.15) is 0 Å². The van der Waals surface area contributed by atoms with Crippen molar-refractivity contribution in [1.82, 2.24) is 0 Å². The van der Waals surface area contributed by atoms with Crippen LogP contribution < -0.4 is 0 Å². The van der Waals surface area contributed by atoms with Crippen molar-refractivity contribution in [1.29, 1.82) is 0 Å². The second-order valence-corrected chi connectivity index (χ2v) is 10.1. The average Bonchev–Trinajstić information content (AvgIpc) is 2.92. The van der Waals surface area contributed by atoms with Gasteiger partial charge in [0.05, 0.1) is 0 Å². The standard InChI is InChI=1S/C22H32O5/c1-12-10-14(23)11-13-4-5-15-16-6-7-18(19(24)22(25,26)27)20(16,2)9-8-17(15)21(12,13)3/h4,12,15-18,25-27H,5-11H2,1-3H3/t12?,15-,16-,17-,18+,20-,21-/m0/s1. The normalized spacial score (nSPS) is 47.0. The van der Waals surface area contributed by atoms with Gasteiger partial charge in [-0.25, -0.2) is 0 Å². The lowest BCUT2D eigenvalue weighted by Crippen LogP contribution is -2.54. The highest BCUT2D eigenvalue weighted by Crippen LogP contribution is 2.67. The largest absolute Gasteiger partial charge is 0.339 e. The van der Waals surface area contributed by atoms with E-state index in [4.69, 9.17) is 0 Å². The smallest absolute Gasteiger partial charge is 0.337 e. The van der Waals surface area contributed by atoms with Crippen LogP contribution in [0, 0.1) is 40.4 Å². The topological polar surface area (TPSA) is 94.8 Å². The molecule has 3 fully saturated rings. The highest BCUT2D eigenvalue weighted by atomic mass is 16.7. The van der Waals surface area contributed by atoms with Gasteiger partial charge in [-0.15, -0.1) is 0 Å². The molecule has 0 aliphatic heterocycles. The summed E-state index contributed by atoms with van der Waals surface area (Å²) in [6.07, 6.45) is 7.82. The molecule has 3 saturated carbocycles. The van der Waals surface area contributed by atoms with E-state index in [1.165, 1.54) is 5.57 Å². The van der Waals surface area contributed by atoms with E-state index in [1.54, 1.807) is 0 Å². The van der Waals surface area contributed by atoms with Crippen LogP contribution in [-0.4, -0.2) is 32.9 Å². The van der Waals surface area contributed by atoms with Gasteiger partial charge in [-0.1, -0.05) is 32.4 Å². The number of aliphatic hydroxyl groups is 3. The maximum atomic E-state index is 12.5. The fourth-order valence-electron chi connectivity index (χ4n) is 7.54. The minimum Gasteiger partial charge on any atom is -0.337 e. The fraction of sp³-hybridized carbons (Fsp3) is 0.818. The second kappa shape index (κ2) is 5.98. The first-order chi connectivity index (χ1) is 12.5. The van der Waals surface area contributed by atoms with Gasteiger partial charge in [0.2, 0.25) is 5.78 Å². The highest BCUT2D eigenvalue weighted by molar-refractivity contribution is 5.87. The molecule has 0 heterocycles. The number of rotatable bonds is 2. The third kappa shape index (κ3) is 2.61. The van der Waals surface area contributed by atoms with E-state index in [-0.39, 0.29) is 10.8 Å². The van der Waals surface area contributed by atoms with Crippen molar-refractivity contribution in [2.75, 3.05) is 0 Å². The summed E-state index contributed by atoms with van der Waals surface area (Å²) in [5.41, 5.74) is 1.07. The molecule has 4 rings (SSSR count). The molecule has 0 amide bonds. The number of hydrogen-bond donors (Lipinski definition) is 3. The zero-order valence-corrected chi connectivity index (χ0v) is 16.6. The molecule has 4 aliphatic rings. The van der Waals surface area contributed by atoms with Crippen LogP contribution in [0.15, 0.2) is 11.6 Å². The summed E-state index contributed by atoms with van der Waals surface area (Å²) in [5.74, 6) is -2.60. The predicted octanol–water partition coefficient (Wildman–Crippen LogP) is 2.58. The molecule has 5 nitrogen and oxygen atoms in total. The molecule has 150 valence electrons. The van der Waals surface area contributed by atoms with Crippen LogP contribution in [-0.2, 0) is 9.59 Å². The molecule has 0 aromatic rings. The number of ketones is 2. The Kier molecular flexibility index (Phi) is 4.27. The molecule has 27 heavy (non-hydrogen) atoms. The van der Waals surface area contributed by atoms with Crippen molar-refractivity contribution in [2.45, 2.75) is 71.7 Å². The number of allylic oxidation sites excluding steroid dienone is 2. The lowest BCUT2D eigenvalue weighted by atomic mass is 9.45. The van der Waals surface area contributed by atoms with Crippen LogP contribution in [0.25, 0.3) is 0 Å². The summed E-state index contributed by atoms with van der Waals surface area (Å²) in [6, 6.07) is 0. The maximum absolute atomic E-state index is 12.5. The Hall–Kier alpha value is -1.04. The minimum absolute atomic E-state index is 0.0505. The average molecular weight is 376 g/mol. The van der Waals surface area contributed by atoms with E-state index in [0.717, 1.165) is 25.7 Å². The molecule has 0 radical (unpaired) electrons. The first-order valence-electron chi connectivity index (χ1n) is 10.4. The molecule has 0 spiro atoms. The molecule has 3 N–H and O–H groups in total. The van der Waals surface area contributed by atoms with Gasteiger partial charge in [0.25, 0.3) is 0 Å². The van der Waals surface area contributed by atoms with Crippen LogP contribution in [0.5, 0.6) is 0 Å². The first-order valence-corrected chi connectivity index (χ1v) is 10.4. The Balaban J connectivity index is 1.67. The number of fused-ring (bicyclic) bond motifs is 5.